The zero-order valence-electron chi connectivity index (χ0n) is 12.9. The zero-order valence-corrected chi connectivity index (χ0v) is 12.9. The van der Waals surface area contributed by atoms with Gasteiger partial charge in [0.2, 0.25) is 0 Å². The number of halogens is 4. The zero-order chi connectivity index (χ0) is 18.6. The highest BCUT2D eigenvalue weighted by molar-refractivity contribution is 5.63. The molecule has 0 atom stereocenters. The lowest BCUT2D eigenvalue weighted by Gasteiger charge is -2.09. The summed E-state index contributed by atoms with van der Waals surface area (Å²) in [7, 11) is 0. The van der Waals surface area contributed by atoms with E-state index >= 15 is 0 Å². The smallest absolute Gasteiger partial charge is 0.417 e. The summed E-state index contributed by atoms with van der Waals surface area (Å²) in [5.74, 6) is 3.53. The Labute approximate surface area is 141 Å². The topological polar surface area (TPSA) is 44.0 Å². The summed E-state index contributed by atoms with van der Waals surface area (Å²) in [6.45, 7) is 1.70. The van der Waals surface area contributed by atoms with Gasteiger partial charge >= 0.3 is 6.18 Å². The molecule has 1 N–H and O–H groups in total. The fourth-order valence-electron chi connectivity index (χ4n) is 2.11. The molecule has 0 aliphatic rings. The van der Waals surface area contributed by atoms with E-state index in [0.29, 0.717) is 11.6 Å². The fourth-order valence-corrected chi connectivity index (χ4v) is 2.11. The van der Waals surface area contributed by atoms with Gasteiger partial charge in [0.1, 0.15) is 17.6 Å². The second kappa shape index (κ2) is 7.11. The Bertz CT molecular complexity index is 941. The van der Waals surface area contributed by atoms with Crippen molar-refractivity contribution in [3.8, 4) is 23.7 Å². The van der Waals surface area contributed by atoms with Crippen molar-refractivity contribution in [2.24, 2.45) is 0 Å². The molecule has 0 fully saturated rings. The fraction of sp³-hybridized carbons (Fsp3) is 0.105. The second-order valence-corrected chi connectivity index (χ2v) is 5.01. The Kier molecular flexibility index (Phi) is 5.14. The lowest BCUT2D eigenvalue weighted by atomic mass is 10.0. The first-order chi connectivity index (χ1) is 11.8. The molecule has 2 aromatic carbocycles. The van der Waals surface area contributed by atoms with Crippen LogP contribution < -0.4 is 0 Å². The van der Waals surface area contributed by atoms with Gasteiger partial charge in [-0.3, -0.25) is 0 Å². The van der Waals surface area contributed by atoms with Gasteiger partial charge in [-0.05, 0) is 42.8 Å². The minimum absolute atomic E-state index is 0.149. The van der Waals surface area contributed by atoms with Crippen LogP contribution in [0.25, 0.3) is 6.08 Å². The van der Waals surface area contributed by atoms with Gasteiger partial charge in [0.15, 0.2) is 0 Å². The van der Waals surface area contributed by atoms with E-state index in [-0.39, 0.29) is 16.7 Å². The van der Waals surface area contributed by atoms with Gasteiger partial charge in [-0.2, -0.15) is 18.4 Å². The van der Waals surface area contributed by atoms with Gasteiger partial charge in [-0.1, -0.05) is 24.0 Å². The predicted octanol–water partition coefficient (Wildman–Crippen LogP) is 4.85. The van der Waals surface area contributed by atoms with Crippen LogP contribution in [0, 0.1) is 29.0 Å². The maximum absolute atomic E-state index is 13.8. The highest BCUT2D eigenvalue weighted by atomic mass is 19.4. The number of nitriles is 1. The molecule has 6 heteroatoms. The van der Waals surface area contributed by atoms with Crippen LogP contribution in [0.5, 0.6) is 5.75 Å². The summed E-state index contributed by atoms with van der Waals surface area (Å²) in [6, 6.07) is 6.69. The van der Waals surface area contributed by atoms with E-state index in [2.05, 4.69) is 11.8 Å². The first-order valence-electron chi connectivity index (χ1n) is 7.05. The molecule has 0 aromatic heterocycles. The molecular weight excluding hydrogens is 334 g/mol. The van der Waals surface area contributed by atoms with Crippen molar-refractivity contribution in [2.75, 3.05) is 0 Å². The number of hydrogen-bond acceptors (Lipinski definition) is 2. The van der Waals surface area contributed by atoms with Crippen molar-refractivity contribution < 1.29 is 22.7 Å². The van der Waals surface area contributed by atoms with Gasteiger partial charge in [0.05, 0.1) is 11.1 Å². The summed E-state index contributed by atoms with van der Waals surface area (Å²) in [5.41, 5.74) is -1.04. The molecule has 0 spiro atoms. The number of nitrogens with zero attached hydrogens (tertiary/aromatic N) is 1. The molecule has 0 unspecified atom stereocenters. The number of allylic oxidation sites excluding steroid dienone is 1. The second-order valence-electron chi connectivity index (χ2n) is 5.01. The average molecular weight is 345 g/mol. The molecule has 2 aromatic rings. The van der Waals surface area contributed by atoms with Crippen molar-refractivity contribution in [1.82, 2.24) is 0 Å². The summed E-state index contributed by atoms with van der Waals surface area (Å²) in [6.07, 6.45) is -1.47. The Morgan fingerprint density at radius 2 is 1.72 bits per heavy atom. The van der Waals surface area contributed by atoms with Crippen LogP contribution in [-0.4, -0.2) is 5.11 Å². The van der Waals surface area contributed by atoms with Gasteiger partial charge in [0.25, 0.3) is 0 Å². The van der Waals surface area contributed by atoms with Crippen LogP contribution in [0.1, 0.15) is 34.7 Å². The normalized spacial score (nSPS) is 11.0. The van der Waals surface area contributed by atoms with E-state index in [9.17, 15) is 22.7 Å². The van der Waals surface area contributed by atoms with Crippen LogP contribution in [-0.2, 0) is 6.18 Å². The molecule has 0 aliphatic heterocycles. The Hall–Kier alpha value is -3.25. The van der Waals surface area contributed by atoms with Crippen molar-refractivity contribution >= 4 is 6.08 Å². The van der Waals surface area contributed by atoms with Gasteiger partial charge in [-0.25, -0.2) is 4.39 Å². The maximum Gasteiger partial charge on any atom is 0.417 e. The summed E-state index contributed by atoms with van der Waals surface area (Å²) in [5, 5.41) is 18.1. The number of alkyl halides is 3. The number of aromatic hydroxyl groups is 1. The van der Waals surface area contributed by atoms with Crippen molar-refractivity contribution in [3.63, 3.8) is 0 Å². The third kappa shape index (κ3) is 4.19. The molecule has 25 heavy (non-hydrogen) atoms. The average Bonchev–Trinajstić information content (AvgIpc) is 2.54. The maximum atomic E-state index is 13.8. The van der Waals surface area contributed by atoms with E-state index in [1.807, 2.05) is 0 Å². The first-order valence-corrected chi connectivity index (χ1v) is 7.05. The summed E-state index contributed by atoms with van der Waals surface area (Å²) < 4.78 is 52.9. The Morgan fingerprint density at radius 3 is 2.32 bits per heavy atom. The number of phenols is 1. The highest BCUT2D eigenvalue weighted by Gasteiger charge is 2.33. The molecule has 126 valence electrons. The molecule has 2 nitrogen and oxygen atoms in total. The van der Waals surface area contributed by atoms with Gasteiger partial charge in [-0.15, -0.1) is 0 Å². The molecule has 0 amide bonds. The van der Waals surface area contributed by atoms with E-state index in [1.54, 1.807) is 25.1 Å². The largest absolute Gasteiger partial charge is 0.508 e. The summed E-state index contributed by atoms with van der Waals surface area (Å²) >= 11 is 0. The monoisotopic (exact) mass is 345 g/mol. The Morgan fingerprint density at radius 1 is 1.04 bits per heavy atom. The minimum atomic E-state index is -4.69. The highest BCUT2D eigenvalue weighted by Crippen LogP contribution is 2.33. The molecule has 0 radical (unpaired) electrons. The minimum Gasteiger partial charge on any atom is -0.508 e. The van der Waals surface area contributed by atoms with Crippen LogP contribution in [0.2, 0.25) is 0 Å². The standard InChI is InChI=1S/C19H11F4NO/c1-2-3-13-8-15(11-24)18(20)9-14(13)5-4-12-6-7-16(25)10-17(12)19(21,22)23/h2-3,6-10,25H,1H3/b3-2+. The molecular formula is C19H11F4NO. The summed E-state index contributed by atoms with van der Waals surface area (Å²) in [4.78, 5) is 0. The van der Waals surface area contributed by atoms with Crippen molar-refractivity contribution in [3.05, 3.63) is 70.0 Å². The predicted molar refractivity (Wildman–Crippen MR) is 84.9 cm³/mol. The number of benzene rings is 2. The number of hydrogen-bond donors (Lipinski definition) is 1. The van der Waals surface area contributed by atoms with Crippen LogP contribution in [0.4, 0.5) is 17.6 Å². The van der Waals surface area contributed by atoms with E-state index in [1.165, 1.54) is 6.07 Å². The Balaban J connectivity index is 2.60. The van der Waals surface area contributed by atoms with Gasteiger partial charge in [0, 0.05) is 11.1 Å². The molecule has 0 saturated heterocycles. The van der Waals surface area contributed by atoms with Crippen LogP contribution in [0.3, 0.4) is 0 Å². The van der Waals surface area contributed by atoms with Crippen molar-refractivity contribution in [1.29, 1.82) is 5.26 Å². The van der Waals surface area contributed by atoms with Crippen LogP contribution in [0.15, 0.2) is 36.4 Å². The van der Waals surface area contributed by atoms with E-state index in [0.717, 1.165) is 18.2 Å². The van der Waals surface area contributed by atoms with Crippen LogP contribution >= 0.6 is 0 Å². The third-order valence-corrected chi connectivity index (χ3v) is 3.25. The first kappa shape index (κ1) is 18.1. The van der Waals surface area contributed by atoms with E-state index in [4.69, 9.17) is 5.26 Å². The SMILES string of the molecule is C/C=C/c1cc(C#N)c(F)cc1C#Cc1ccc(O)cc1C(F)(F)F. The van der Waals surface area contributed by atoms with Gasteiger partial charge < -0.3 is 5.11 Å². The van der Waals surface area contributed by atoms with E-state index < -0.39 is 23.3 Å². The molecule has 0 saturated carbocycles. The molecule has 0 aliphatic carbocycles. The molecule has 0 heterocycles. The molecule has 0 bridgehead atoms. The quantitative estimate of drug-likeness (QED) is 0.593. The number of rotatable bonds is 1. The third-order valence-electron chi connectivity index (χ3n) is 3.25. The lowest BCUT2D eigenvalue weighted by Crippen LogP contribution is -2.07. The van der Waals surface area contributed by atoms with Crippen molar-refractivity contribution in [2.45, 2.75) is 13.1 Å². The lowest BCUT2D eigenvalue weighted by molar-refractivity contribution is -0.137. The number of phenolic OH excluding ortho intramolecular Hbond substituents is 1. The molecule has 2 rings (SSSR count).